The Morgan fingerprint density at radius 3 is 2.80 bits per heavy atom. The smallest absolute Gasteiger partial charge is 0.319 e. The molecule has 1 rings (SSSR count). The summed E-state index contributed by atoms with van der Waals surface area (Å²) in [5.41, 5.74) is 5.49. The first kappa shape index (κ1) is 12.4. The zero-order valence-electron chi connectivity index (χ0n) is 8.78. The van der Waals surface area contributed by atoms with E-state index in [1.165, 1.54) is 24.2 Å². The van der Waals surface area contributed by atoms with Crippen LogP contribution in [0.25, 0.3) is 0 Å². The van der Waals surface area contributed by atoms with Crippen molar-refractivity contribution < 1.29 is 8.78 Å². The third kappa shape index (κ3) is 4.17. The molecule has 2 N–H and O–H groups in total. The van der Waals surface area contributed by atoms with E-state index in [9.17, 15) is 8.78 Å². The van der Waals surface area contributed by atoms with E-state index in [0.717, 1.165) is 4.57 Å². The van der Waals surface area contributed by atoms with Crippen molar-refractivity contribution in [2.24, 2.45) is 5.73 Å². The number of halogens is 2. The van der Waals surface area contributed by atoms with E-state index in [1.54, 1.807) is 0 Å². The van der Waals surface area contributed by atoms with E-state index in [2.05, 4.69) is 4.98 Å². The molecule has 0 atom stereocenters. The molecular formula is C9H15F2N3S. The summed E-state index contributed by atoms with van der Waals surface area (Å²) < 4.78 is 25.7. The topological polar surface area (TPSA) is 43.8 Å². The summed E-state index contributed by atoms with van der Waals surface area (Å²) in [6.45, 7) is 1.29. The van der Waals surface area contributed by atoms with E-state index in [1.807, 2.05) is 13.8 Å². The van der Waals surface area contributed by atoms with Crippen molar-refractivity contribution in [3.63, 3.8) is 0 Å². The second-order valence-corrected chi connectivity index (χ2v) is 5.00. The molecule has 0 aliphatic heterocycles. The van der Waals surface area contributed by atoms with Crippen molar-refractivity contribution >= 4 is 11.8 Å². The van der Waals surface area contributed by atoms with E-state index >= 15 is 0 Å². The Hall–Kier alpha value is -0.620. The molecule has 0 fully saturated rings. The van der Waals surface area contributed by atoms with Gasteiger partial charge in [-0.2, -0.15) is 20.5 Å². The number of imidazole rings is 1. The van der Waals surface area contributed by atoms with E-state index < -0.39 is 6.55 Å². The fraction of sp³-hybridized carbons (Fsp3) is 0.667. The highest BCUT2D eigenvalue weighted by molar-refractivity contribution is 7.98. The van der Waals surface area contributed by atoms with Gasteiger partial charge in [0.1, 0.15) is 5.82 Å². The number of hydrogen-bond donors (Lipinski definition) is 1. The molecular weight excluding hydrogens is 220 g/mol. The number of nitrogens with two attached hydrogens (primary N) is 1. The lowest BCUT2D eigenvalue weighted by Crippen LogP contribution is -2.34. The van der Waals surface area contributed by atoms with Crippen LogP contribution in [0.15, 0.2) is 12.4 Å². The van der Waals surface area contributed by atoms with Crippen molar-refractivity contribution in [3.8, 4) is 0 Å². The molecule has 0 amide bonds. The zero-order valence-corrected chi connectivity index (χ0v) is 9.60. The SMILES string of the molecule is CC(C)(N)CSCc1nccn1C(F)F. The van der Waals surface area contributed by atoms with E-state index in [4.69, 9.17) is 5.73 Å². The second-order valence-electron chi connectivity index (χ2n) is 4.01. The average Bonchev–Trinajstić information content (AvgIpc) is 2.49. The van der Waals surface area contributed by atoms with Crippen LogP contribution < -0.4 is 5.73 Å². The molecule has 0 spiro atoms. The fourth-order valence-corrected chi connectivity index (χ4v) is 2.07. The Bertz CT molecular complexity index is 307. The summed E-state index contributed by atoms with van der Waals surface area (Å²) in [6, 6.07) is 0. The van der Waals surface area contributed by atoms with Crippen molar-refractivity contribution in [3.05, 3.63) is 18.2 Å². The van der Waals surface area contributed by atoms with Crippen molar-refractivity contribution in [1.82, 2.24) is 9.55 Å². The molecule has 6 heteroatoms. The van der Waals surface area contributed by atoms with Gasteiger partial charge in [-0.05, 0) is 13.8 Å². The van der Waals surface area contributed by atoms with Gasteiger partial charge in [0, 0.05) is 23.7 Å². The molecule has 0 aliphatic carbocycles. The normalized spacial score (nSPS) is 12.4. The number of aromatic nitrogens is 2. The number of alkyl halides is 2. The molecule has 0 radical (unpaired) electrons. The minimum absolute atomic E-state index is 0.285. The Morgan fingerprint density at radius 2 is 2.27 bits per heavy atom. The lowest BCUT2D eigenvalue weighted by molar-refractivity contribution is 0.0678. The van der Waals surface area contributed by atoms with Crippen LogP contribution in [0.2, 0.25) is 0 Å². The summed E-state index contributed by atoms with van der Waals surface area (Å²) in [5.74, 6) is 1.56. The highest BCUT2D eigenvalue weighted by Crippen LogP contribution is 2.19. The molecule has 15 heavy (non-hydrogen) atoms. The maximum absolute atomic E-state index is 12.4. The van der Waals surface area contributed by atoms with Gasteiger partial charge in [-0.3, -0.25) is 4.57 Å². The highest BCUT2D eigenvalue weighted by Gasteiger charge is 2.14. The van der Waals surface area contributed by atoms with Crippen LogP contribution in [0.1, 0.15) is 26.2 Å². The molecule has 0 aromatic carbocycles. The molecule has 0 saturated carbocycles. The quantitative estimate of drug-likeness (QED) is 0.851. The van der Waals surface area contributed by atoms with Crippen molar-refractivity contribution in [1.29, 1.82) is 0 Å². The minimum Gasteiger partial charge on any atom is -0.325 e. The van der Waals surface area contributed by atoms with Crippen LogP contribution in [0, 0.1) is 0 Å². The van der Waals surface area contributed by atoms with Crippen LogP contribution in [-0.2, 0) is 5.75 Å². The molecule has 86 valence electrons. The predicted molar refractivity (Wildman–Crippen MR) is 57.9 cm³/mol. The van der Waals surface area contributed by atoms with Gasteiger partial charge in [-0.15, -0.1) is 0 Å². The molecule has 1 aromatic rings. The van der Waals surface area contributed by atoms with Crippen LogP contribution in [0.3, 0.4) is 0 Å². The zero-order chi connectivity index (χ0) is 11.5. The molecule has 1 heterocycles. The van der Waals surface area contributed by atoms with Crippen molar-refractivity contribution in [2.45, 2.75) is 31.7 Å². The van der Waals surface area contributed by atoms with Gasteiger partial charge >= 0.3 is 6.55 Å². The number of thioether (sulfide) groups is 1. The lowest BCUT2D eigenvalue weighted by atomic mass is 10.1. The molecule has 0 saturated heterocycles. The molecule has 3 nitrogen and oxygen atoms in total. The summed E-state index contributed by atoms with van der Waals surface area (Å²) in [4.78, 5) is 3.88. The summed E-state index contributed by atoms with van der Waals surface area (Å²) in [7, 11) is 0. The van der Waals surface area contributed by atoms with Gasteiger partial charge in [0.2, 0.25) is 0 Å². The largest absolute Gasteiger partial charge is 0.325 e. The van der Waals surface area contributed by atoms with E-state index in [-0.39, 0.29) is 5.54 Å². The molecule has 0 aliphatic rings. The van der Waals surface area contributed by atoms with Crippen LogP contribution >= 0.6 is 11.8 Å². The Kier molecular flexibility index (Phi) is 4.10. The second kappa shape index (κ2) is 4.94. The van der Waals surface area contributed by atoms with Gasteiger partial charge in [0.05, 0.1) is 5.75 Å². The predicted octanol–water partition coefficient (Wildman–Crippen LogP) is 2.25. The van der Waals surface area contributed by atoms with Gasteiger partial charge < -0.3 is 5.73 Å². The first-order valence-electron chi connectivity index (χ1n) is 4.56. The average molecular weight is 235 g/mol. The van der Waals surface area contributed by atoms with Crippen LogP contribution in [0.4, 0.5) is 8.78 Å². The maximum Gasteiger partial charge on any atom is 0.319 e. The first-order chi connectivity index (χ1) is 6.90. The third-order valence-corrected chi connectivity index (χ3v) is 3.07. The summed E-state index contributed by atoms with van der Waals surface area (Å²) in [5, 5.41) is 0. The first-order valence-corrected chi connectivity index (χ1v) is 5.72. The lowest BCUT2D eigenvalue weighted by Gasteiger charge is -2.17. The van der Waals surface area contributed by atoms with Crippen LogP contribution in [-0.4, -0.2) is 20.8 Å². The third-order valence-electron chi connectivity index (χ3n) is 1.66. The molecule has 1 aromatic heterocycles. The van der Waals surface area contributed by atoms with Crippen LogP contribution in [0.5, 0.6) is 0 Å². The van der Waals surface area contributed by atoms with Crippen molar-refractivity contribution in [2.75, 3.05) is 5.75 Å². The Labute approximate surface area is 92.1 Å². The maximum atomic E-state index is 12.4. The van der Waals surface area contributed by atoms with E-state index in [0.29, 0.717) is 17.3 Å². The van der Waals surface area contributed by atoms with Gasteiger partial charge in [-0.1, -0.05) is 0 Å². The number of rotatable bonds is 5. The number of hydrogen-bond acceptors (Lipinski definition) is 3. The standard InChI is InChI=1S/C9H15F2N3S/c1-9(2,12)6-15-5-7-13-3-4-14(7)8(10)11/h3-4,8H,5-6,12H2,1-2H3. The van der Waals surface area contributed by atoms with Gasteiger partial charge in [0.15, 0.2) is 0 Å². The minimum atomic E-state index is -2.52. The molecule has 0 unspecified atom stereocenters. The molecule has 0 bridgehead atoms. The Morgan fingerprint density at radius 1 is 1.60 bits per heavy atom. The summed E-state index contributed by atoms with van der Waals surface area (Å²) >= 11 is 1.51. The fourth-order valence-electron chi connectivity index (χ4n) is 1.04. The number of nitrogens with zero attached hydrogens (tertiary/aromatic N) is 2. The monoisotopic (exact) mass is 235 g/mol. The van der Waals surface area contributed by atoms with Gasteiger partial charge in [-0.25, -0.2) is 4.98 Å². The van der Waals surface area contributed by atoms with Gasteiger partial charge in [0.25, 0.3) is 0 Å². The summed E-state index contributed by atoms with van der Waals surface area (Å²) in [6.07, 6.45) is 2.67. The Balaban J connectivity index is 2.47. The highest BCUT2D eigenvalue weighted by atomic mass is 32.2.